The van der Waals surface area contributed by atoms with Crippen molar-refractivity contribution in [3.8, 4) is 11.8 Å². The van der Waals surface area contributed by atoms with E-state index in [1.54, 1.807) is 24.3 Å². The van der Waals surface area contributed by atoms with Crippen LogP contribution >= 0.6 is 0 Å². The van der Waals surface area contributed by atoms with Crippen molar-refractivity contribution < 1.29 is 13.5 Å². The molecule has 0 bridgehead atoms. The van der Waals surface area contributed by atoms with E-state index in [-0.39, 0.29) is 16.9 Å². The molecule has 0 aliphatic carbocycles. The summed E-state index contributed by atoms with van der Waals surface area (Å²) >= 11 is 0. The third-order valence-electron chi connectivity index (χ3n) is 2.80. The molecule has 0 amide bonds. The second-order valence-corrected chi connectivity index (χ2v) is 7.72. The fraction of sp³-hybridized carbons (Fsp3) is 0.500. The molecule has 0 saturated carbocycles. The van der Waals surface area contributed by atoms with Gasteiger partial charge in [0.15, 0.2) is 0 Å². The van der Waals surface area contributed by atoms with Crippen LogP contribution in [0.1, 0.15) is 39.2 Å². The molecule has 0 aliphatic heterocycles. The Labute approximate surface area is 127 Å². The summed E-state index contributed by atoms with van der Waals surface area (Å²) in [4.78, 5) is 0.185. The molecule has 0 heterocycles. The summed E-state index contributed by atoms with van der Waals surface area (Å²) in [5.41, 5.74) is 0.525. The highest BCUT2D eigenvalue weighted by atomic mass is 32.2. The largest absolute Gasteiger partial charge is 0.395 e. The van der Waals surface area contributed by atoms with E-state index in [0.717, 1.165) is 6.42 Å². The Morgan fingerprint density at radius 2 is 1.90 bits per heavy atom. The van der Waals surface area contributed by atoms with Crippen molar-refractivity contribution in [2.45, 2.75) is 38.5 Å². The molecule has 2 N–H and O–H groups in total. The van der Waals surface area contributed by atoms with Crippen molar-refractivity contribution in [1.29, 1.82) is 0 Å². The molecule has 1 aromatic carbocycles. The van der Waals surface area contributed by atoms with E-state index in [9.17, 15) is 8.42 Å². The number of nitrogens with one attached hydrogen (secondary N) is 1. The molecular weight excluding hydrogens is 286 g/mol. The maximum atomic E-state index is 12.3. The third kappa shape index (κ3) is 6.30. The molecular formula is C16H23NO3S. The second kappa shape index (κ2) is 7.60. The van der Waals surface area contributed by atoms with Gasteiger partial charge in [-0.05, 0) is 24.0 Å². The molecule has 0 saturated heterocycles. The Balaban J connectivity index is 2.91. The van der Waals surface area contributed by atoms with Crippen molar-refractivity contribution in [3.05, 3.63) is 29.8 Å². The van der Waals surface area contributed by atoms with Gasteiger partial charge in [-0.15, -0.1) is 0 Å². The van der Waals surface area contributed by atoms with Gasteiger partial charge in [0.25, 0.3) is 0 Å². The molecule has 0 atom stereocenters. The molecule has 116 valence electrons. The number of hydrogen-bond acceptors (Lipinski definition) is 3. The smallest absolute Gasteiger partial charge is 0.241 e. The first-order valence-electron chi connectivity index (χ1n) is 6.95. The van der Waals surface area contributed by atoms with Crippen LogP contribution < -0.4 is 4.72 Å². The van der Waals surface area contributed by atoms with Crippen LogP contribution in [0.2, 0.25) is 0 Å². The SMILES string of the molecule is CC(C)(C)CCNS(=O)(=O)c1ccccc1C#CCCO. The molecule has 0 unspecified atom stereocenters. The monoisotopic (exact) mass is 309 g/mol. The van der Waals surface area contributed by atoms with Crippen LogP contribution in [0.25, 0.3) is 0 Å². The van der Waals surface area contributed by atoms with E-state index >= 15 is 0 Å². The van der Waals surface area contributed by atoms with Gasteiger partial charge in [-0.3, -0.25) is 0 Å². The van der Waals surface area contributed by atoms with Gasteiger partial charge in [0.1, 0.15) is 0 Å². The van der Waals surface area contributed by atoms with Crippen LogP contribution in [-0.2, 0) is 10.0 Å². The molecule has 1 rings (SSSR count). The standard InChI is InChI=1S/C16H23NO3S/c1-16(2,3)11-12-17-21(19,20)15-10-5-4-8-14(15)9-6-7-13-18/h4-5,8,10,17-18H,7,11-13H2,1-3H3. The van der Waals surface area contributed by atoms with Crippen LogP contribution in [0.15, 0.2) is 29.2 Å². The Morgan fingerprint density at radius 1 is 1.24 bits per heavy atom. The van der Waals surface area contributed by atoms with E-state index in [0.29, 0.717) is 18.5 Å². The fourth-order valence-electron chi connectivity index (χ4n) is 1.66. The minimum absolute atomic E-state index is 0.0360. The Bertz CT molecular complexity index is 619. The van der Waals surface area contributed by atoms with Gasteiger partial charge >= 0.3 is 0 Å². The van der Waals surface area contributed by atoms with Crippen LogP contribution in [0.4, 0.5) is 0 Å². The van der Waals surface area contributed by atoms with Gasteiger partial charge in [0, 0.05) is 18.5 Å². The lowest BCUT2D eigenvalue weighted by molar-refractivity contribution is 0.305. The number of aliphatic hydroxyl groups excluding tert-OH is 1. The first kappa shape index (κ1) is 17.7. The minimum Gasteiger partial charge on any atom is -0.395 e. The molecule has 21 heavy (non-hydrogen) atoms. The van der Waals surface area contributed by atoms with E-state index in [4.69, 9.17) is 5.11 Å². The van der Waals surface area contributed by atoms with Gasteiger partial charge in [0.05, 0.1) is 11.5 Å². The number of rotatable bonds is 5. The van der Waals surface area contributed by atoms with Gasteiger partial charge in [-0.2, -0.15) is 0 Å². The van der Waals surface area contributed by atoms with E-state index < -0.39 is 10.0 Å². The quantitative estimate of drug-likeness (QED) is 0.819. The Morgan fingerprint density at radius 3 is 2.52 bits per heavy atom. The van der Waals surface area contributed by atoms with Crippen molar-refractivity contribution in [3.63, 3.8) is 0 Å². The zero-order valence-corrected chi connectivity index (χ0v) is 13.6. The summed E-state index contributed by atoms with van der Waals surface area (Å²) in [6.07, 6.45) is 1.08. The summed E-state index contributed by atoms with van der Waals surface area (Å²) in [7, 11) is -3.57. The third-order valence-corrected chi connectivity index (χ3v) is 4.32. The lowest BCUT2D eigenvalue weighted by Gasteiger charge is -2.18. The van der Waals surface area contributed by atoms with Crippen LogP contribution in [0.5, 0.6) is 0 Å². The average molecular weight is 309 g/mol. The van der Waals surface area contributed by atoms with Gasteiger partial charge < -0.3 is 5.11 Å². The fourth-order valence-corrected chi connectivity index (χ4v) is 2.85. The molecule has 0 fully saturated rings. The highest BCUT2D eigenvalue weighted by Crippen LogP contribution is 2.19. The number of aliphatic hydroxyl groups is 1. The summed E-state index contributed by atoms with van der Waals surface area (Å²) < 4.78 is 27.3. The highest BCUT2D eigenvalue weighted by molar-refractivity contribution is 7.89. The second-order valence-electron chi connectivity index (χ2n) is 5.98. The first-order chi connectivity index (χ1) is 9.76. The maximum Gasteiger partial charge on any atom is 0.241 e. The highest BCUT2D eigenvalue weighted by Gasteiger charge is 2.18. The normalized spacial score (nSPS) is 11.8. The zero-order chi connectivity index (χ0) is 15.9. The summed E-state index contributed by atoms with van der Waals surface area (Å²) in [5.74, 6) is 5.55. The number of benzene rings is 1. The predicted molar refractivity (Wildman–Crippen MR) is 84.3 cm³/mol. The molecule has 4 nitrogen and oxygen atoms in total. The molecule has 0 radical (unpaired) electrons. The topological polar surface area (TPSA) is 66.4 Å². The summed E-state index contributed by atoms with van der Waals surface area (Å²) in [6.45, 7) is 6.55. The van der Waals surface area contributed by atoms with E-state index in [2.05, 4.69) is 37.3 Å². The number of hydrogen-bond donors (Lipinski definition) is 2. The van der Waals surface area contributed by atoms with Crippen molar-refractivity contribution in [2.75, 3.05) is 13.2 Å². The van der Waals surface area contributed by atoms with Crippen LogP contribution in [0.3, 0.4) is 0 Å². The molecule has 0 spiro atoms. The summed E-state index contributed by atoms with van der Waals surface area (Å²) in [6, 6.07) is 6.64. The maximum absolute atomic E-state index is 12.3. The van der Waals surface area contributed by atoms with Crippen LogP contribution in [-0.4, -0.2) is 26.7 Å². The van der Waals surface area contributed by atoms with Gasteiger partial charge in [-0.25, -0.2) is 13.1 Å². The van der Waals surface area contributed by atoms with E-state index in [1.807, 2.05) is 0 Å². The lowest BCUT2D eigenvalue weighted by Crippen LogP contribution is -2.28. The lowest BCUT2D eigenvalue weighted by atomic mass is 9.93. The van der Waals surface area contributed by atoms with Crippen molar-refractivity contribution in [1.82, 2.24) is 4.72 Å². The summed E-state index contributed by atoms with van der Waals surface area (Å²) in [5, 5.41) is 8.73. The van der Waals surface area contributed by atoms with E-state index in [1.165, 1.54) is 0 Å². The first-order valence-corrected chi connectivity index (χ1v) is 8.43. The number of sulfonamides is 1. The predicted octanol–water partition coefficient (Wildman–Crippen LogP) is 2.14. The van der Waals surface area contributed by atoms with Crippen LogP contribution in [0, 0.1) is 17.3 Å². The van der Waals surface area contributed by atoms with Crippen molar-refractivity contribution >= 4 is 10.0 Å². The molecule has 0 aliphatic rings. The Hall–Kier alpha value is -1.35. The average Bonchev–Trinajstić information content (AvgIpc) is 2.37. The molecule has 5 heteroatoms. The zero-order valence-electron chi connectivity index (χ0n) is 12.8. The van der Waals surface area contributed by atoms with Crippen molar-refractivity contribution in [2.24, 2.45) is 5.41 Å². The van der Waals surface area contributed by atoms with Gasteiger partial charge in [-0.1, -0.05) is 44.7 Å². The Kier molecular flexibility index (Phi) is 6.41. The molecule has 1 aromatic rings. The molecule has 0 aromatic heterocycles. The minimum atomic E-state index is -3.57. The van der Waals surface area contributed by atoms with Gasteiger partial charge in [0.2, 0.25) is 10.0 Å².